The molecule has 2 atom stereocenters. The van der Waals surface area contributed by atoms with E-state index in [1.807, 2.05) is 60.7 Å². The van der Waals surface area contributed by atoms with Gasteiger partial charge >= 0.3 is 0 Å². The number of benzene rings is 3. The average Bonchev–Trinajstić information content (AvgIpc) is 2.94. The van der Waals surface area contributed by atoms with E-state index in [0.29, 0.717) is 17.1 Å². The van der Waals surface area contributed by atoms with Gasteiger partial charge in [0.25, 0.3) is 5.91 Å². The Morgan fingerprint density at radius 1 is 0.838 bits per heavy atom. The third kappa shape index (κ3) is 8.18. The van der Waals surface area contributed by atoms with Crippen LogP contribution in [0.3, 0.4) is 0 Å². The van der Waals surface area contributed by atoms with Gasteiger partial charge in [-0.15, -0.1) is 0 Å². The van der Waals surface area contributed by atoms with Gasteiger partial charge < -0.3 is 25.2 Å². The topological polar surface area (TPSA) is 114 Å². The average molecular weight is 505 g/mol. The molecule has 2 amide bonds. The van der Waals surface area contributed by atoms with Gasteiger partial charge in [-0.1, -0.05) is 60.7 Å². The summed E-state index contributed by atoms with van der Waals surface area (Å²) < 4.78 is 10.4. The first-order valence-corrected chi connectivity index (χ1v) is 12.0. The second-order valence-corrected chi connectivity index (χ2v) is 8.50. The van der Waals surface area contributed by atoms with Crippen LogP contribution in [-0.2, 0) is 22.6 Å². The molecule has 8 nitrogen and oxygen atoms in total. The molecule has 0 saturated carbocycles. The number of hydrogen-bond acceptors (Lipinski definition) is 6. The van der Waals surface area contributed by atoms with Crippen LogP contribution in [0.4, 0.5) is 0 Å². The zero-order chi connectivity index (χ0) is 26.6. The van der Waals surface area contributed by atoms with E-state index < -0.39 is 24.0 Å². The number of ether oxygens (including phenoxy) is 2. The molecule has 0 spiro atoms. The molecule has 3 rings (SSSR count). The van der Waals surface area contributed by atoms with Gasteiger partial charge in [0.05, 0.1) is 25.8 Å². The van der Waals surface area contributed by atoms with Gasteiger partial charge in [-0.05, 0) is 29.7 Å². The van der Waals surface area contributed by atoms with Crippen molar-refractivity contribution < 1.29 is 29.0 Å². The maximum absolute atomic E-state index is 12.8. The van der Waals surface area contributed by atoms with E-state index in [0.717, 1.165) is 11.1 Å². The Bertz CT molecular complexity index is 1180. The van der Waals surface area contributed by atoms with E-state index in [9.17, 15) is 19.5 Å². The molecular formula is C29H32N2O6. The molecule has 0 bridgehead atoms. The van der Waals surface area contributed by atoms with E-state index in [-0.39, 0.29) is 31.6 Å². The van der Waals surface area contributed by atoms with Crippen LogP contribution < -0.4 is 20.1 Å². The van der Waals surface area contributed by atoms with Gasteiger partial charge in [-0.2, -0.15) is 0 Å². The van der Waals surface area contributed by atoms with Crippen molar-refractivity contribution in [1.29, 1.82) is 0 Å². The number of carbonyl (C=O) groups excluding carboxylic acids is 3. The molecule has 0 aromatic heterocycles. The highest BCUT2D eigenvalue weighted by Gasteiger charge is 2.28. The summed E-state index contributed by atoms with van der Waals surface area (Å²) in [5.74, 6) is -0.400. The molecular weight excluding hydrogens is 472 g/mol. The van der Waals surface area contributed by atoms with Crippen LogP contribution in [0.15, 0.2) is 78.9 Å². The first-order chi connectivity index (χ1) is 17.9. The maximum Gasteiger partial charge on any atom is 0.251 e. The Morgan fingerprint density at radius 3 is 2.11 bits per heavy atom. The molecule has 0 unspecified atom stereocenters. The summed E-state index contributed by atoms with van der Waals surface area (Å²) in [5.41, 5.74) is 2.08. The van der Waals surface area contributed by atoms with E-state index in [1.54, 1.807) is 18.2 Å². The predicted octanol–water partition coefficient (Wildman–Crippen LogP) is 3.07. The van der Waals surface area contributed by atoms with Crippen LogP contribution in [0.2, 0.25) is 0 Å². The van der Waals surface area contributed by atoms with Crippen molar-refractivity contribution in [2.24, 2.45) is 0 Å². The van der Waals surface area contributed by atoms with E-state index in [4.69, 9.17) is 9.47 Å². The van der Waals surface area contributed by atoms with Gasteiger partial charge in [-0.25, -0.2) is 0 Å². The van der Waals surface area contributed by atoms with Crippen LogP contribution in [0.25, 0.3) is 0 Å². The predicted molar refractivity (Wildman–Crippen MR) is 139 cm³/mol. The molecule has 0 fully saturated rings. The summed E-state index contributed by atoms with van der Waals surface area (Å²) in [6.45, 7) is 0.251. The first kappa shape index (κ1) is 27.4. The lowest BCUT2D eigenvalue weighted by Gasteiger charge is -2.24. The van der Waals surface area contributed by atoms with Gasteiger partial charge in [0.2, 0.25) is 5.91 Å². The molecule has 0 radical (unpaired) electrons. The standard InChI is InChI=1S/C29H32N2O6/c1-36-22-13-14-23(26(18-22)37-2)25(32)15-16-27(33)31-24(17-20-9-5-3-6-10-20)28(34)29(35)30-19-21-11-7-4-8-12-21/h3-14,18,24,28,34H,15-17,19H2,1-2H3,(H,30,35)(H,31,33)/t24-,28+/m0/s1. The zero-order valence-electron chi connectivity index (χ0n) is 21.0. The Labute approximate surface area is 216 Å². The molecule has 0 aliphatic heterocycles. The highest BCUT2D eigenvalue weighted by atomic mass is 16.5. The van der Waals surface area contributed by atoms with Gasteiger partial charge in [0.15, 0.2) is 11.9 Å². The minimum atomic E-state index is -1.48. The van der Waals surface area contributed by atoms with E-state index in [2.05, 4.69) is 10.6 Å². The minimum Gasteiger partial charge on any atom is -0.497 e. The van der Waals surface area contributed by atoms with Crippen LogP contribution in [0.1, 0.15) is 34.3 Å². The summed E-state index contributed by atoms with van der Waals surface area (Å²) in [7, 11) is 2.97. The van der Waals surface area contributed by atoms with Crippen molar-refractivity contribution >= 4 is 17.6 Å². The second-order valence-electron chi connectivity index (χ2n) is 8.50. The third-order valence-corrected chi connectivity index (χ3v) is 5.89. The van der Waals surface area contributed by atoms with Crippen molar-refractivity contribution in [3.05, 3.63) is 95.6 Å². The lowest BCUT2D eigenvalue weighted by Crippen LogP contribution is -2.51. The number of amides is 2. The number of hydrogen-bond donors (Lipinski definition) is 3. The molecule has 37 heavy (non-hydrogen) atoms. The number of aliphatic hydroxyl groups is 1. The number of aliphatic hydroxyl groups excluding tert-OH is 1. The largest absolute Gasteiger partial charge is 0.497 e. The molecule has 0 aliphatic carbocycles. The highest BCUT2D eigenvalue weighted by Crippen LogP contribution is 2.26. The molecule has 3 aromatic carbocycles. The monoisotopic (exact) mass is 504 g/mol. The minimum absolute atomic E-state index is 0.0666. The van der Waals surface area contributed by atoms with Crippen molar-refractivity contribution in [3.63, 3.8) is 0 Å². The summed E-state index contributed by atoms with van der Waals surface area (Å²) in [5, 5.41) is 16.3. The molecule has 0 heterocycles. The SMILES string of the molecule is COc1ccc(C(=O)CCC(=O)N[C@@H](Cc2ccccc2)[C@@H](O)C(=O)NCc2ccccc2)c(OC)c1. The Kier molecular flexibility index (Phi) is 10.2. The third-order valence-electron chi connectivity index (χ3n) is 5.89. The fourth-order valence-electron chi connectivity index (χ4n) is 3.85. The number of Topliss-reactive ketones (excluding diaryl/α,β-unsaturated/α-hetero) is 1. The van der Waals surface area contributed by atoms with Crippen LogP contribution in [0, 0.1) is 0 Å². The quantitative estimate of drug-likeness (QED) is 0.308. The van der Waals surface area contributed by atoms with Gasteiger partial charge in [0, 0.05) is 25.5 Å². The van der Waals surface area contributed by atoms with Crippen LogP contribution in [0.5, 0.6) is 11.5 Å². The molecule has 0 saturated heterocycles. The van der Waals surface area contributed by atoms with Crippen molar-refractivity contribution in [2.45, 2.75) is 38.0 Å². The molecule has 0 aliphatic rings. The Morgan fingerprint density at radius 2 is 1.49 bits per heavy atom. The van der Waals surface area contributed by atoms with Crippen LogP contribution >= 0.6 is 0 Å². The molecule has 3 aromatic rings. The molecule has 3 N–H and O–H groups in total. The molecule has 8 heteroatoms. The lowest BCUT2D eigenvalue weighted by atomic mass is 9.99. The number of ketones is 1. The lowest BCUT2D eigenvalue weighted by molar-refractivity contribution is -0.132. The van der Waals surface area contributed by atoms with Gasteiger partial charge in [0.1, 0.15) is 11.5 Å². The summed E-state index contributed by atoms with van der Waals surface area (Å²) in [6.07, 6.45) is -1.42. The number of rotatable bonds is 13. The second kappa shape index (κ2) is 13.8. The zero-order valence-corrected chi connectivity index (χ0v) is 21.0. The maximum atomic E-state index is 12.8. The number of nitrogens with one attached hydrogen (secondary N) is 2. The smallest absolute Gasteiger partial charge is 0.251 e. The summed E-state index contributed by atoms with van der Waals surface area (Å²) in [4.78, 5) is 38.2. The molecule has 194 valence electrons. The van der Waals surface area contributed by atoms with Crippen molar-refractivity contribution in [1.82, 2.24) is 10.6 Å². The van der Waals surface area contributed by atoms with Crippen LogP contribution in [-0.4, -0.2) is 49.1 Å². The fraction of sp³-hybridized carbons (Fsp3) is 0.276. The van der Waals surface area contributed by atoms with Crippen molar-refractivity contribution in [2.75, 3.05) is 14.2 Å². The summed E-state index contributed by atoms with van der Waals surface area (Å²) >= 11 is 0. The first-order valence-electron chi connectivity index (χ1n) is 12.0. The summed E-state index contributed by atoms with van der Waals surface area (Å²) in [6, 6.07) is 22.6. The van der Waals surface area contributed by atoms with Gasteiger partial charge in [-0.3, -0.25) is 14.4 Å². The number of carbonyl (C=O) groups is 3. The van der Waals surface area contributed by atoms with E-state index >= 15 is 0 Å². The van der Waals surface area contributed by atoms with Crippen molar-refractivity contribution in [3.8, 4) is 11.5 Å². The number of methoxy groups -OCH3 is 2. The Balaban J connectivity index is 1.63. The normalized spacial score (nSPS) is 12.2. The fourth-order valence-corrected chi connectivity index (χ4v) is 3.85. The van der Waals surface area contributed by atoms with E-state index in [1.165, 1.54) is 14.2 Å². The highest BCUT2D eigenvalue weighted by molar-refractivity contribution is 6.00. The Hall–Kier alpha value is -4.17.